The number of amides is 2. The Labute approximate surface area is 190 Å². The van der Waals surface area contributed by atoms with Gasteiger partial charge in [-0.25, -0.2) is 4.79 Å². The number of hydrogen-bond donors (Lipinski definition) is 1. The first-order valence-electron chi connectivity index (χ1n) is 10.1. The lowest BCUT2D eigenvalue weighted by molar-refractivity contribution is -0.136. The van der Waals surface area contributed by atoms with E-state index in [1.54, 1.807) is 29.2 Å². The van der Waals surface area contributed by atoms with Gasteiger partial charge in [0.25, 0.3) is 5.91 Å². The molecule has 1 heterocycles. The van der Waals surface area contributed by atoms with Crippen molar-refractivity contribution in [1.82, 2.24) is 9.80 Å². The zero-order valence-corrected chi connectivity index (χ0v) is 19.3. The molecule has 1 N–H and O–H groups in total. The maximum Gasteiger partial charge on any atom is 0.339 e. The number of para-hydroxylation sites is 1. The van der Waals surface area contributed by atoms with E-state index >= 15 is 0 Å². The molecule has 0 saturated carbocycles. The standard InChI is InChI=1S/C23H26BrN3O4/c1-16-6-5-7-17(2)22(16)25-20(28)14-26-10-12-27(13-11-26)21(29)15-31-23(30)18-8-3-4-9-19(18)24/h3-9H,10-15H2,1-2H3,(H,25,28). The van der Waals surface area contributed by atoms with Crippen LogP contribution in [0, 0.1) is 13.8 Å². The molecule has 2 amide bonds. The number of aryl methyl sites for hydroxylation is 2. The highest BCUT2D eigenvalue weighted by atomic mass is 79.9. The third-order valence-corrected chi connectivity index (χ3v) is 5.95. The van der Waals surface area contributed by atoms with Crippen molar-refractivity contribution in [2.75, 3.05) is 44.6 Å². The minimum atomic E-state index is -0.539. The molecule has 2 aromatic rings. The van der Waals surface area contributed by atoms with Gasteiger partial charge < -0.3 is 15.0 Å². The number of carbonyl (C=O) groups excluding carboxylic acids is 3. The summed E-state index contributed by atoms with van der Waals surface area (Å²) in [6, 6.07) is 12.8. The number of nitrogens with zero attached hydrogens (tertiary/aromatic N) is 2. The highest BCUT2D eigenvalue weighted by Crippen LogP contribution is 2.19. The summed E-state index contributed by atoms with van der Waals surface area (Å²) >= 11 is 3.30. The molecular weight excluding hydrogens is 462 g/mol. The highest BCUT2D eigenvalue weighted by molar-refractivity contribution is 9.10. The Morgan fingerprint density at radius 1 is 0.968 bits per heavy atom. The normalized spacial score (nSPS) is 14.2. The van der Waals surface area contributed by atoms with E-state index in [1.165, 1.54) is 0 Å². The Bertz CT molecular complexity index is 951. The maximum absolute atomic E-state index is 12.4. The van der Waals surface area contributed by atoms with Gasteiger partial charge in [-0.1, -0.05) is 30.3 Å². The summed E-state index contributed by atoms with van der Waals surface area (Å²) in [5, 5.41) is 2.99. The summed E-state index contributed by atoms with van der Waals surface area (Å²) in [5.41, 5.74) is 3.30. The van der Waals surface area contributed by atoms with Crippen LogP contribution in [-0.4, -0.2) is 66.9 Å². The molecule has 31 heavy (non-hydrogen) atoms. The van der Waals surface area contributed by atoms with Crippen molar-refractivity contribution in [1.29, 1.82) is 0 Å². The first kappa shape index (κ1) is 23.0. The molecular formula is C23H26BrN3O4. The summed E-state index contributed by atoms with van der Waals surface area (Å²) < 4.78 is 5.79. The fourth-order valence-electron chi connectivity index (χ4n) is 3.47. The second-order valence-electron chi connectivity index (χ2n) is 7.53. The van der Waals surface area contributed by atoms with Crippen LogP contribution in [0.4, 0.5) is 5.69 Å². The minimum Gasteiger partial charge on any atom is -0.452 e. The average Bonchev–Trinajstić information content (AvgIpc) is 2.75. The largest absolute Gasteiger partial charge is 0.452 e. The Morgan fingerprint density at radius 3 is 2.26 bits per heavy atom. The Morgan fingerprint density at radius 2 is 1.61 bits per heavy atom. The molecule has 0 spiro atoms. The van der Waals surface area contributed by atoms with Crippen LogP contribution in [0.15, 0.2) is 46.9 Å². The molecule has 0 unspecified atom stereocenters. The molecule has 1 fully saturated rings. The Kier molecular flexibility index (Phi) is 7.81. The second kappa shape index (κ2) is 10.5. The number of benzene rings is 2. The van der Waals surface area contributed by atoms with E-state index in [0.29, 0.717) is 36.2 Å². The van der Waals surface area contributed by atoms with E-state index < -0.39 is 5.97 Å². The fourth-order valence-corrected chi connectivity index (χ4v) is 3.92. The lowest BCUT2D eigenvalue weighted by Gasteiger charge is -2.34. The van der Waals surface area contributed by atoms with E-state index in [2.05, 4.69) is 21.2 Å². The van der Waals surface area contributed by atoms with Crippen molar-refractivity contribution in [2.45, 2.75) is 13.8 Å². The van der Waals surface area contributed by atoms with Crippen LogP contribution in [0.3, 0.4) is 0 Å². The number of piperazine rings is 1. The molecule has 1 aliphatic rings. The van der Waals surface area contributed by atoms with Gasteiger partial charge in [0.15, 0.2) is 6.61 Å². The molecule has 0 aromatic heterocycles. The van der Waals surface area contributed by atoms with E-state index in [4.69, 9.17) is 4.74 Å². The fraction of sp³-hybridized carbons (Fsp3) is 0.348. The Hall–Kier alpha value is -2.71. The van der Waals surface area contributed by atoms with Gasteiger partial charge in [-0.05, 0) is 53.0 Å². The van der Waals surface area contributed by atoms with Gasteiger partial charge in [0.05, 0.1) is 12.1 Å². The molecule has 8 heteroatoms. The van der Waals surface area contributed by atoms with Crippen molar-refractivity contribution in [2.24, 2.45) is 0 Å². The number of carbonyl (C=O) groups is 3. The van der Waals surface area contributed by atoms with Gasteiger partial charge in [0.2, 0.25) is 5.91 Å². The summed E-state index contributed by atoms with van der Waals surface area (Å²) in [4.78, 5) is 40.7. The molecule has 0 radical (unpaired) electrons. The van der Waals surface area contributed by atoms with Crippen molar-refractivity contribution >= 4 is 39.4 Å². The number of esters is 1. The topological polar surface area (TPSA) is 79.0 Å². The predicted molar refractivity (Wildman–Crippen MR) is 122 cm³/mol. The summed E-state index contributed by atoms with van der Waals surface area (Å²) in [7, 11) is 0. The lowest BCUT2D eigenvalue weighted by atomic mass is 10.1. The molecule has 164 valence electrons. The van der Waals surface area contributed by atoms with Crippen molar-refractivity contribution in [3.8, 4) is 0 Å². The summed E-state index contributed by atoms with van der Waals surface area (Å²) in [6.07, 6.45) is 0. The molecule has 7 nitrogen and oxygen atoms in total. The van der Waals surface area contributed by atoms with Crippen LogP contribution >= 0.6 is 15.9 Å². The van der Waals surface area contributed by atoms with Crippen molar-refractivity contribution in [3.05, 3.63) is 63.6 Å². The molecule has 1 saturated heterocycles. The average molecular weight is 488 g/mol. The first-order chi connectivity index (χ1) is 14.8. The minimum absolute atomic E-state index is 0.0699. The number of ether oxygens (including phenoxy) is 1. The third kappa shape index (κ3) is 6.15. The van der Waals surface area contributed by atoms with Gasteiger partial charge >= 0.3 is 5.97 Å². The number of hydrogen-bond acceptors (Lipinski definition) is 5. The van der Waals surface area contributed by atoms with E-state index in [0.717, 1.165) is 16.8 Å². The van der Waals surface area contributed by atoms with Gasteiger partial charge in [-0.15, -0.1) is 0 Å². The van der Waals surface area contributed by atoms with E-state index in [1.807, 2.05) is 36.9 Å². The van der Waals surface area contributed by atoms with Gasteiger partial charge in [0.1, 0.15) is 0 Å². The second-order valence-corrected chi connectivity index (χ2v) is 8.38. The van der Waals surface area contributed by atoms with E-state index in [-0.39, 0.29) is 25.0 Å². The van der Waals surface area contributed by atoms with Crippen LogP contribution < -0.4 is 5.32 Å². The molecule has 0 atom stereocenters. The molecule has 1 aliphatic heterocycles. The predicted octanol–water partition coefficient (Wildman–Crippen LogP) is 3.01. The zero-order valence-electron chi connectivity index (χ0n) is 17.7. The third-order valence-electron chi connectivity index (χ3n) is 5.26. The Balaban J connectivity index is 1.43. The van der Waals surface area contributed by atoms with Crippen LogP contribution in [0.2, 0.25) is 0 Å². The smallest absolute Gasteiger partial charge is 0.339 e. The van der Waals surface area contributed by atoms with Crippen LogP contribution in [0.25, 0.3) is 0 Å². The number of rotatable bonds is 6. The molecule has 2 aromatic carbocycles. The monoisotopic (exact) mass is 487 g/mol. The van der Waals surface area contributed by atoms with Crippen molar-refractivity contribution in [3.63, 3.8) is 0 Å². The van der Waals surface area contributed by atoms with E-state index in [9.17, 15) is 14.4 Å². The van der Waals surface area contributed by atoms with Gasteiger partial charge in [-0.3, -0.25) is 14.5 Å². The van der Waals surface area contributed by atoms with Crippen LogP contribution in [-0.2, 0) is 14.3 Å². The number of halogens is 1. The lowest BCUT2D eigenvalue weighted by Crippen LogP contribution is -2.51. The molecule has 3 rings (SSSR count). The SMILES string of the molecule is Cc1cccc(C)c1NC(=O)CN1CCN(C(=O)COC(=O)c2ccccc2Br)CC1. The molecule has 0 aliphatic carbocycles. The zero-order chi connectivity index (χ0) is 22.4. The quantitative estimate of drug-likeness (QED) is 0.633. The summed E-state index contributed by atoms with van der Waals surface area (Å²) in [6.45, 7) is 6.06. The number of anilines is 1. The van der Waals surface area contributed by atoms with Crippen LogP contribution in [0.1, 0.15) is 21.5 Å². The first-order valence-corrected chi connectivity index (χ1v) is 10.9. The number of nitrogens with one attached hydrogen (secondary N) is 1. The molecule has 0 bridgehead atoms. The van der Waals surface area contributed by atoms with Gasteiger partial charge in [0, 0.05) is 36.3 Å². The van der Waals surface area contributed by atoms with Crippen LogP contribution in [0.5, 0.6) is 0 Å². The highest BCUT2D eigenvalue weighted by Gasteiger charge is 2.24. The van der Waals surface area contributed by atoms with Gasteiger partial charge in [-0.2, -0.15) is 0 Å². The van der Waals surface area contributed by atoms with Crippen molar-refractivity contribution < 1.29 is 19.1 Å². The summed E-state index contributed by atoms with van der Waals surface area (Å²) in [5.74, 6) is -0.845. The maximum atomic E-state index is 12.4.